The molecule has 10 nitrogen and oxygen atoms in total. The van der Waals surface area contributed by atoms with Crippen LogP contribution in [0.2, 0.25) is 0 Å². The molecule has 2 fully saturated rings. The number of hydrogen-bond acceptors (Lipinski definition) is 7. The summed E-state index contributed by atoms with van der Waals surface area (Å²) < 4.78 is 101. The molecule has 42 heavy (non-hydrogen) atoms. The number of carboxylic acids is 3. The van der Waals surface area contributed by atoms with E-state index >= 15 is 0 Å². The number of carboxylic acid groups (broad SMARTS) is 3. The fraction of sp³-hybridized carbons (Fsp3) is 0.652. The van der Waals surface area contributed by atoms with Gasteiger partial charge >= 0.3 is 36.4 Å². The third-order valence-electron chi connectivity index (χ3n) is 5.70. The van der Waals surface area contributed by atoms with E-state index < -0.39 is 36.4 Å². The third kappa shape index (κ3) is 15.7. The van der Waals surface area contributed by atoms with Crippen LogP contribution in [0.25, 0.3) is 0 Å². The normalized spacial score (nSPS) is 20.8. The summed E-state index contributed by atoms with van der Waals surface area (Å²) in [5.41, 5.74) is 1.35. The van der Waals surface area contributed by atoms with Gasteiger partial charge in [0.15, 0.2) is 0 Å². The van der Waals surface area contributed by atoms with Crippen molar-refractivity contribution in [3.05, 3.63) is 30.1 Å². The number of likely N-dealkylation sites (N-methyl/N-ethyl adjacent to an activating group) is 1. The van der Waals surface area contributed by atoms with E-state index in [1.807, 2.05) is 18.5 Å². The number of aromatic nitrogens is 1. The molecule has 242 valence electrons. The highest BCUT2D eigenvalue weighted by Crippen LogP contribution is 2.27. The zero-order valence-corrected chi connectivity index (χ0v) is 22.2. The van der Waals surface area contributed by atoms with E-state index in [-0.39, 0.29) is 0 Å². The van der Waals surface area contributed by atoms with Crippen LogP contribution in [-0.4, -0.2) is 119 Å². The SMILES string of the molecule is CN(C)[C@@H]1CCN(CC2CCOC2)[C@H]1Cc1cccnc1.O=C(O)C(F)(F)F.O=C(O)C(F)(F)F.O=C(O)C(F)(F)F. The van der Waals surface area contributed by atoms with Gasteiger partial charge < -0.3 is 25.0 Å². The average molecular weight is 631 g/mol. The Balaban J connectivity index is 0.000000660. The molecular weight excluding hydrogens is 601 g/mol. The van der Waals surface area contributed by atoms with Crippen molar-refractivity contribution in [2.45, 2.75) is 49.9 Å². The van der Waals surface area contributed by atoms with Gasteiger partial charge in [-0.1, -0.05) is 6.07 Å². The van der Waals surface area contributed by atoms with E-state index in [1.165, 1.54) is 31.5 Å². The Morgan fingerprint density at radius 3 is 1.74 bits per heavy atom. The van der Waals surface area contributed by atoms with Gasteiger partial charge in [0.2, 0.25) is 0 Å². The molecule has 0 spiro atoms. The molecule has 0 saturated carbocycles. The van der Waals surface area contributed by atoms with E-state index in [2.05, 4.69) is 34.9 Å². The lowest BCUT2D eigenvalue weighted by molar-refractivity contribution is -0.193. The van der Waals surface area contributed by atoms with Crippen LogP contribution in [-0.2, 0) is 25.5 Å². The van der Waals surface area contributed by atoms with Gasteiger partial charge in [-0.05, 0) is 50.9 Å². The van der Waals surface area contributed by atoms with Crippen LogP contribution < -0.4 is 0 Å². The number of likely N-dealkylation sites (tertiary alicyclic amines) is 1. The highest BCUT2D eigenvalue weighted by atomic mass is 19.4. The van der Waals surface area contributed by atoms with E-state index in [0.29, 0.717) is 12.1 Å². The van der Waals surface area contributed by atoms with Gasteiger partial charge in [-0.25, -0.2) is 14.4 Å². The first-order chi connectivity index (χ1) is 19.1. The smallest absolute Gasteiger partial charge is 0.475 e. The number of hydrogen-bond donors (Lipinski definition) is 3. The van der Waals surface area contributed by atoms with E-state index in [4.69, 9.17) is 34.4 Å². The number of pyridine rings is 1. The summed E-state index contributed by atoms with van der Waals surface area (Å²) in [6.45, 7) is 4.30. The summed E-state index contributed by atoms with van der Waals surface area (Å²) in [5, 5.41) is 21.4. The van der Waals surface area contributed by atoms with E-state index in [0.717, 1.165) is 25.6 Å². The molecule has 0 radical (unpaired) electrons. The van der Waals surface area contributed by atoms with Crippen LogP contribution in [0.5, 0.6) is 0 Å². The van der Waals surface area contributed by atoms with Crippen molar-refractivity contribution in [2.24, 2.45) is 5.92 Å². The van der Waals surface area contributed by atoms with Crippen molar-refractivity contribution in [1.82, 2.24) is 14.8 Å². The molecule has 0 bridgehead atoms. The quantitative estimate of drug-likeness (QED) is 0.414. The maximum atomic E-state index is 10.6. The molecule has 2 aliphatic heterocycles. The number of aliphatic carboxylic acids is 3. The Morgan fingerprint density at radius 1 is 0.929 bits per heavy atom. The lowest BCUT2D eigenvalue weighted by Gasteiger charge is -2.32. The third-order valence-corrected chi connectivity index (χ3v) is 5.70. The summed E-state index contributed by atoms with van der Waals surface area (Å²) in [6.07, 6.45) is -7.78. The lowest BCUT2D eigenvalue weighted by atomic mass is 9.99. The fourth-order valence-electron chi connectivity index (χ4n) is 3.81. The standard InChI is InChI=1S/C17H27N3O.3C2HF3O2/c1-19(2)16-5-8-20(12-15-6-9-21-13-15)17(16)10-14-4-3-7-18-11-14;3*3-2(4,5)1(6)7/h3-4,7,11,15-17H,5-6,8-10,12-13H2,1-2H3;3*(H,6,7)/t15?,16-,17+;;;/m1.../s1. The van der Waals surface area contributed by atoms with Gasteiger partial charge in [0.05, 0.1) is 6.61 Å². The number of carbonyl (C=O) groups is 3. The molecule has 19 heteroatoms. The number of alkyl halides is 9. The van der Waals surface area contributed by atoms with Crippen molar-refractivity contribution in [3.63, 3.8) is 0 Å². The molecule has 0 aromatic carbocycles. The molecule has 3 heterocycles. The van der Waals surface area contributed by atoms with Crippen molar-refractivity contribution >= 4 is 17.9 Å². The first-order valence-corrected chi connectivity index (χ1v) is 11.8. The maximum Gasteiger partial charge on any atom is 0.490 e. The minimum atomic E-state index is -5.08. The molecule has 3 N–H and O–H groups in total. The fourth-order valence-corrected chi connectivity index (χ4v) is 3.81. The molecule has 2 saturated heterocycles. The molecule has 0 aliphatic carbocycles. The highest BCUT2D eigenvalue weighted by molar-refractivity contribution is 5.73. The molecule has 1 aromatic heterocycles. The minimum Gasteiger partial charge on any atom is -0.475 e. The molecule has 1 aromatic rings. The predicted molar refractivity (Wildman–Crippen MR) is 125 cm³/mol. The van der Waals surface area contributed by atoms with Crippen LogP contribution in [0, 0.1) is 5.92 Å². The van der Waals surface area contributed by atoms with Gasteiger partial charge in [0, 0.05) is 44.2 Å². The first-order valence-electron chi connectivity index (χ1n) is 11.8. The molecular formula is C23H30F9N3O7. The second-order valence-corrected chi connectivity index (χ2v) is 9.09. The van der Waals surface area contributed by atoms with Crippen LogP contribution in [0.3, 0.4) is 0 Å². The van der Waals surface area contributed by atoms with E-state index in [9.17, 15) is 39.5 Å². The van der Waals surface area contributed by atoms with Gasteiger partial charge in [0.25, 0.3) is 0 Å². The average Bonchev–Trinajstić information content (AvgIpc) is 3.50. The molecule has 0 amide bonds. The molecule has 3 atom stereocenters. The number of rotatable bonds is 5. The highest BCUT2D eigenvalue weighted by Gasteiger charge is 2.40. The van der Waals surface area contributed by atoms with Crippen molar-refractivity contribution < 1.29 is 74.0 Å². The Hall–Kier alpha value is -3.19. The van der Waals surface area contributed by atoms with Gasteiger partial charge in [-0.2, -0.15) is 39.5 Å². The number of nitrogens with zero attached hydrogens (tertiary/aromatic N) is 3. The second-order valence-electron chi connectivity index (χ2n) is 9.09. The topological polar surface area (TPSA) is 140 Å². The zero-order valence-electron chi connectivity index (χ0n) is 22.2. The van der Waals surface area contributed by atoms with Gasteiger partial charge in [0.1, 0.15) is 0 Å². The van der Waals surface area contributed by atoms with Crippen LogP contribution in [0.4, 0.5) is 39.5 Å². The lowest BCUT2D eigenvalue weighted by Crippen LogP contribution is -2.45. The van der Waals surface area contributed by atoms with E-state index in [1.54, 1.807) is 0 Å². The summed E-state index contributed by atoms with van der Waals surface area (Å²) in [7, 11) is 4.42. The van der Waals surface area contributed by atoms with Crippen molar-refractivity contribution in [1.29, 1.82) is 0 Å². The number of ether oxygens (including phenoxy) is 1. The predicted octanol–water partition coefficient (Wildman–Crippen LogP) is 3.57. The second kappa shape index (κ2) is 17.1. The van der Waals surface area contributed by atoms with Crippen LogP contribution >= 0.6 is 0 Å². The summed E-state index contributed by atoms with van der Waals surface area (Å²) >= 11 is 0. The first kappa shape index (κ1) is 38.8. The summed E-state index contributed by atoms with van der Waals surface area (Å²) in [5.74, 6) is -7.55. The largest absolute Gasteiger partial charge is 0.490 e. The van der Waals surface area contributed by atoms with Crippen molar-refractivity contribution in [2.75, 3.05) is 40.4 Å². The maximum absolute atomic E-state index is 10.6. The minimum absolute atomic E-state index is 0.602. The van der Waals surface area contributed by atoms with Gasteiger partial charge in [-0.3, -0.25) is 9.88 Å². The Morgan fingerprint density at radius 2 is 1.40 bits per heavy atom. The van der Waals surface area contributed by atoms with Crippen LogP contribution in [0.1, 0.15) is 18.4 Å². The monoisotopic (exact) mass is 631 g/mol. The van der Waals surface area contributed by atoms with Crippen LogP contribution in [0.15, 0.2) is 24.5 Å². The van der Waals surface area contributed by atoms with Gasteiger partial charge in [-0.15, -0.1) is 0 Å². The molecule has 1 unspecified atom stereocenters. The Kier molecular flexibility index (Phi) is 15.8. The molecule has 3 rings (SSSR count). The Labute approximate surface area is 233 Å². The van der Waals surface area contributed by atoms with Crippen molar-refractivity contribution in [3.8, 4) is 0 Å². The Bertz CT molecular complexity index is 912. The zero-order chi connectivity index (χ0) is 32.9. The summed E-state index contributed by atoms with van der Waals surface area (Å²) in [6, 6.07) is 5.50. The number of halogens is 9. The molecule has 2 aliphatic rings. The summed E-state index contributed by atoms with van der Waals surface area (Å²) in [4.78, 5) is 36.0.